The van der Waals surface area contributed by atoms with Crippen molar-refractivity contribution in [3.05, 3.63) is 66.2 Å². The standard InChI is InChI=1S/C19H22N4O.HI/c1-24-18-9-7-16(8-10-18)22-19(20)21-14-15-5-4-6-17(13-15)23-11-2-3-12-23;/h2-10,13H,11-12,14H2,1H3,(H3,20,21,22);1H. The number of halogens is 1. The number of benzene rings is 2. The average Bonchev–Trinajstić information content (AvgIpc) is 3.16. The fourth-order valence-corrected chi connectivity index (χ4v) is 2.58. The first-order valence-electron chi connectivity index (χ1n) is 7.94. The number of aliphatic imine (C=N–C) groups is 1. The highest BCUT2D eigenvalue weighted by Crippen LogP contribution is 2.19. The second kappa shape index (κ2) is 9.31. The van der Waals surface area contributed by atoms with Crippen LogP contribution in [0.15, 0.2) is 65.7 Å². The summed E-state index contributed by atoms with van der Waals surface area (Å²) in [6.45, 7) is 2.48. The molecule has 0 saturated heterocycles. The lowest BCUT2D eigenvalue weighted by Crippen LogP contribution is -2.22. The van der Waals surface area contributed by atoms with Crippen LogP contribution in [-0.2, 0) is 6.54 Å². The molecule has 3 N–H and O–H groups in total. The smallest absolute Gasteiger partial charge is 0.193 e. The van der Waals surface area contributed by atoms with Crippen molar-refractivity contribution in [2.24, 2.45) is 10.7 Å². The van der Waals surface area contributed by atoms with E-state index in [0.717, 1.165) is 30.1 Å². The molecule has 0 amide bonds. The molecule has 1 aliphatic rings. The van der Waals surface area contributed by atoms with Crippen LogP contribution < -0.4 is 20.7 Å². The lowest BCUT2D eigenvalue weighted by Gasteiger charge is -2.18. The third-order valence-corrected chi connectivity index (χ3v) is 3.89. The van der Waals surface area contributed by atoms with Crippen LogP contribution in [0.2, 0.25) is 0 Å². The van der Waals surface area contributed by atoms with E-state index in [1.807, 2.05) is 24.3 Å². The van der Waals surface area contributed by atoms with Gasteiger partial charge in [0, 0.05) is 24.5 Å². The molecular formula is C19H23IN4O. The van der Waals surface area contributed by atoms with Crippen molar-refractivity contribution in [2.45, 2.75) is 6.54 Å². The van der Waals surface area contributed by atoms with Crippen molar-refractivity contribution in [3.8, 4) is 5.75 Å². The van der Waals surface area contributed by atoms with Crippen molar-refractivity contribution in [1.82, 2.24) is 0 Å². The number of methoxy groups -OCH3 is 1. The van der Waals surface area contributed by atoms with Crippen LogP contribution >= 0.6 is 24.0 Å². The molecule has 2 aromatic carbocycles. The molecule has 0 saturated carbocycles. The highest BCUT2D eigenvalue weighted by molar-refractivity contribution is 14.0. The molecule has 0 atom stereocenters. The Labute approximate surface area is 165 Å². The summed E-state index contributed by atoms with van der Waals surface area (Å²) in [5.41, 5.74) is 9.21. The lowest BCUT2D eigenvalue weighted by molar-refractivity contribution is 0.415. The highest BCUT2D eigenvalue weighted by Gasteiger charge is 2.07. The summed E-state index contributed by atoms with van der Waals surface area (Å²) in [5, 5.41) is 3.08. The number of ether oxygens (including phenoxy) is 1. The summed E-state index contributed by atoms with van der Waals surface area (Å²) in [4.78, 5) is 6.73. The van der Waals surface area contributed by atoms with Crippen LogP contribution in [0, 0.1) is 0 Å². The van der Waals surface area contributed by atoms with Crippen LogP contribution in [-0.4, -0.2) is 26.2 Å². The third-order valence-electron chi connectivity index (χ3n) is 3.89. The molecule has 0 fully saturated rings. The molecule has 0 spiro atoms. The van der Waals surface area contributed by atoms with Gasteiger partial charge in [-0.1, -0.05) is 24.3 Å². The second-order valence-corrected chi connectivity index (χ2v) is 5.60. The Morgan fingerprint density at radius 3 is 2.56 bits per heavy atom. The van der Waals surface area contributed by atoms with E-state index >= 15 is 0 Å². The van der Waals surface area contributed by atoms with E-state index in [9.17, 15) is 0 Å². The van der Waals surface area contributed by atoms with Gasteiger partial charge in [-0.3, -0.25) is 0 Å². The van der Waals surface area contributed by atoms with Crippen LogP contribution in [0.25, 0.3) is 0 Å². The summed E-state index contributed by atoms with van der Waals surface area (Å²) < 4.78 is 5.14. The molecular weight excluding hydrogens is 427 g/mol. The van der Waals surface area contributed by atoms with Crippen LogP contribution in [0.4, 0.5) is 11.4 Å². The van der Waals surface area contributed by atoms with Gasteiger partial charge in [-0.05, 0) is 42.0 Å². The van der Waals surface area contributed by atoms with Crippen LogP contribution in [0.5, 0.6) is 5.75 Å². The van der Waals surface area contributed by atoms with Crippen molar-refractivity contribution in [2.75, 3.05) is 30.4 Å². The molecule has 25 heavy (non-hydrogen) atoms. The fraction of sp³-hybridized carbons (Fsp3) is 0.211. The Kier molecular flexibility index (Phi) is 7.12. The number of nitrogens with two attached hydrogens (primary N) is 1. The topological polar surface area (TPSA) is 62.9 Å². The van der Waals surface area contributed by atoms with Crippen LogP contribution in [0.3, 0.4) is 0 Å². The summed E-state index contributed by atoms with van der Waals surface area (Å²) in [5.74, 6) is 1.21. The van der Waals surface area contributed by atoms with Gasteiger partial charge < -0.3 is 20.7 Å². The molecule has 2 aromatic rings. The maximum absolute atomic E-state index is 5.97. The SMILES string of the molecule is COc1ccc(NC(N)=NCc2cccc(N3CC=CC3)c2)cc1.I. The van der Waals surface area contributed by atoms with E-state index in [1.54, 1.807) is 7.11 Å². The van der Waals surface area contributed by atoms with Gasteiger partial charge in [0.05, 0.1) is 13.7 Å². The number of nitrogens with zero attached hydrogens (tertiary/aromatic N) is 2. The fourth-order valence-electron chi connectivity index (χ4n) is 2.58. The van der Waals surface area contributed by atoms with E-state index in [4.69, 9.17) is 10.5 Å². The minimum atomic E-state index is 0. The number of nitrogens with one attached hydrogen (secondary N) is 1. The maximum atomic E-state index is 5.97. The van der Waals surface area contributed by atoms with Crippen molar-refractivity contribution < 1.29 is 4.74 Å². The largest absolute Gasteiger partial charge is 0.497 e. The molecule has 6 heteroatoms. The molecule has 0 bridgehead atoms. The van der Waals surface area contributed by atoms with Crippen molar-refractivity contribution in [1.29, 1.82) is 0 Å². The quantitative estimate of drug-likeness (QED) is 0.316. The zero-order valence-corrected chi connectivity index (χ0v) is 16.5. The molecule has 5 nitrogen and oxygen atoms in total. The molecule has 1 aliphatic heterocycles. The van der Waals surface area contributed by atoms with Gasteiger partial charge in [0.1, 0.15) is 5.75 Å². The van der Waals surface area contributed by atoms with E-state index in [-0.39, 0.29) is 24.0 Å². The molecule has 1 heterocycles. The summed E-state index contributed by atoms with van der Waals surface area (Å²) in [7, 11) is 1.64. The average molecular weight is 450 g/mol. The summed E-state index contributed by atoms with van der Waals surface area (Å²) in [6.07, 6.45) is 4.36. The zero-order valence-electron chi connectivity index (χ0n) is 14.2. The summed E-state index contributed by atoms with van der Waals surface area (Å²) >= 11 is 0. The number of rotatable bonds is 5. The normalized spacial score (nSPS) is 13.5. The molecule has 0 unspecified atom stereocenters. The van der Waals surface area contributed by atoms with E-state index in [0.29, 0.717) is 12.5 Å². The second-order valence-electron chi connectivity index (χ2n) is 5.60. The molecule has 132 valence electrons. The first-order valence-corrected chi connectivity index (χ1v) is 7.94. The first-order chi connectivity index (χ1) is 11.7. The molecule has 3 rings (SSSR count). The van der Waals surface area contributed by atoms with Gasteiger partial charge in [-0.15, -0.1) is 24.0 Å². The zero-order chi connectivity index (χ0) is 16.8. The number of guanidine groups is 1. The van der Waals surface area contributed by atoms with E-state index < -0.39 is 0 Å². The molecule has 0 radical (unpaired) electrons. The maximum Gasteiger partial charge on any atom is 0.193 e. The van der Waals surface area contributed by atoms with Gasteiger partial charge in [-0.2, -0.15) is 0 Å². The molecule has 0 aliphatic carbocycles. The Balaban J connectivity index is 0.00000225. The van der Waals surface area contributed by atoms with Gasteiger partial charge in [0.25, 0.3) is 0 Å². The third kappa shape index (κ3) is 5.38. The van der Waals surface area contributed by atoms with Gasteiger partial charge >= 0.3 is 0 Å². The monoisotopic (exact) mass is 450 g/mol. The lowest BCUT2D eigenvalue weighted by atomic mass is 10.2. The minimum absolute atomic E-state index is 0. The van der Waals surface area contributed by atoms with E-state index in [1.165, 1.54) is 5.69 Å². The summed E-state index contributed by atoms with van der Waals surface area (Å²) in [6, 6.07) is 16.0. The Morgan fingerprint density at radius 1 is 1.16 bits per heavy atom. The van der Waals surface area contributed by atoms with Gasteiger partial charge in [0.2, 0.25) is 0 Å². The van der Waals surface area contributed by atoms with Gasteiger partial charge in [-0.25, -0.2) is 4.99 Å². The Morgan fingerprint density at radius 2 is 1.88 bits per heavy atom. The number of hydrogen-bond acceptors (Lipinski definition) is 3. The first kappa shape index (κ1) is 19.1. The number of anilines is 2. The van der Waals surface area contributed by atoms with E-state index in [2.05, 4.69) is 51.6 Å². The predicted octanol–water partition coefficient (Wildman–Crippen LogP) is 3.62. The van der Waals surface area contributed by atoms with Crippen molar-refractivity contribution >= 4 is 41.3 Å². The Bertz CT molecular complexity index is 735. The van der Waals surface area contributed by atoms with Gasteiger partial charge in [0.15, 0.2) is 5.96 Å². The predicted molar refractivity (Wildman–Crippen MR) is 115 cm³/mol. The Hall–Kier alpha value is -2.22. The highest BCUT2D eigenvalue weighted by atomic mass is 127. The number of hydrogen-bond donors (Lipinski definition) is 2. The minimum Gasteiger partial charge on any atom is -0.497 e. The van der Waals surface area contributed by atoms with Crippen molar-refractivity contribution in [3.63, 3.8) is 0 Å². The molecule has 0 aromatic heterocycles. The van der Waals surface area contributed by atoms with Crippen LogP contribution in [0.1, 0.15) is 5.56 Å².